The van der Waals surface area contributed by atoms with Gasteiger partial charge < -0.3 is 19.1 Å². The van der Waals surface area contributed by atoms with E-state index in [1.54, 1.807) is 23.1 Å². The highest BCUT2D eigenvalue weighted by molar-refractivity contribution is 7.22. The Morgan fingerprint density at radius 2 is 1.62 bits per heavy atom. The zero-order valence-electron chi connectivity index (χ0n) is 20.4. The number of halogens is 1. The molecule has 0 aliphatic rings. The molecule has 184 valence electrons. The normalized spacial score (nSPS) is 11.1. The number of carbonyl (C=O) groups is 1. The summed E-state index contributed by atoms with van der Waals surface area (Å²) < 4.78 is 31.8. The summed E-state index contributed by atoms with van der Waals surface area (Å²) in [6.07, 6.45) is 0.747. The van der Waals surface area contributed by atoms with Crippen molar-refractivity contribution in [3.63, 3.8) is 0 Å². The molecule has 0 unspecified atom stereocenters. The monoisotopic (exact) mass is 489 g/mol. The molecule has 34 heavy (non-hydrogen) atoms. The van der Waals surface area contributed by atoms with Gasteiger partial charge in [-0.3, -0.25) is 9.69 Å². The molecule has 1 amide bonds. The zero-order chi connectivity index (χ0) is 24.7. The van der Waals surface area contributed by atoms with Crippen LogP contribution in [0.2, 0.25) is 0 Å². The van der Waals surface area contributed by atoms with Crippen LogP contribution in [0.15, 0.2) is 30.3 Å². The molecular formula is C25H32FN3O4S. The third-order valence-electron chi connectivity index (χ3n) is 4.96. The number of rotatable bonds is 12. The molecular weight excluding hydrogens is 457 g/mol. The number of hydrogen-bond donors (Lipinski definition) is 0. The number of thiazole rings is 1. The van der Waals surface area contributed by atoms with Gasteiger partial charge in [0.15, 0.2) is 16.6 Å². The topological polar surface area (TPSA) is 64.1 Å². The lowest BCUT2D eigenvalue weighted by Gasteiger charge is -2.22. The second-order valence-corrected chi connectivity index (χ2v) is 8.83. The lowest BCUT2D eigenvalue weighted by Crippen LogP contribution is -2.33. The maximum atomic E-state index is 13.8. The average molecular weight is 490 g/mol. The molecule has 0 radical (unpaired) electrons. The van der Waals surface area contributed by atoms with Gasteiger partial charge in [-0.15, -0.1) is 0 Å². The fraction of sp³-hybridized carbons (Fsp3) is 0.440. The van der Waals surface area contributed by atoms with Crippen LogP contribution in [0.4, 0.5) is 9.52 Å². The van der Waals surface area contributed by atoms with Crippen LogP contribution in [0.25, 0.3) is 10.2 Å². The maximum Gasteiger partial charge on any atom is 0.260 e. The summed E-state index contributed by atoms with van der Waals surface area (Å²) in [6.45, 7) is 8.16. The van der Waals surface area contributed by atoms with E-state index in [1.165, 1.54) is 23.5 Å². The molecule has 2 aromatic carbocycles. The predicted octanol–water partition coefficient (Wildman–Crippen LogP) is 5.23. The summed E-state index contributed by atoms with van der Waals surface area (Å²) in [6, 6.07) is 7.82. The molecule has 0 bridgehead atoms. The summed E-state index contributed by atoms with van der Waals surface area (Å²) in [5.74, 6) is 0.833. The van der Waals surface area contributed by atoms with Gasteiger partial charge in [0, 0.05) is 12.1 Å². The largest absolute Gasteiger partial charge is 0.490 e. The van der Waals surface area contributed by atoms with E-state index in [9.17, 15) is 9.18 Å². The second kappa shape index (κ2) is 12.0. The van der Waals surface area contributed by atoms with Gasteiger partial charge in [-0.1, -0.05) is 11.3 Å². The highest BCUT2D eigenvalue weighted by Crippen LogP contribution is 2.40. The number of ether oxygens (including phenoxy) is 3. The standard InChI is InChI=1S/C25H32FN3O4S/c1-6-31-20-14-17(15-21(32-7-2)23(20)33-8-3)24(30)29(13-9-12-28(4)5)25-27-19-11-10-18(26)16-22(19)34-25/h10-11,14-16H,6-9,12-13H2,1-5H3. The molecule has 9 heteroatoms. The first-order valence-electron chi connectivity index (χ1n) is 11.5. The molecule has 3 aromatic rings. The van der Waals surface area contributed by atoms with Crippen molar-refractivity contribution in [3.8, 4) is 17.2 Å². The first kappa shape index (κ1) is 25.7. The summed E-state index contributed by atoms with van der Waals surface area (Å²) >= 11 is 1.29. The van der Waals surface area contributed by atoms with Crippen LogP contribution in [-0.2, 0) is 0 Å². The molecule has 0 saturated heterocycles. The van der Waals surface area contributed by atoms with Gasteiger partial charge >= 0.3 is 0 Å². The number of anilines is 1. The molecule has 0 saturated carbocycles. The van der Waals surface area contributed by atoms with Gasteiger partial charge in [0.1, 0.15) is 5.82 Å². The molecule has 1 heterocycles. The van der Waals surface area contributed by atoms with E-state index in [0.717, 1.165) is 13.0 Å². The van der Waals surface area contributed by atoms with Crippen molar-refractivity contribution in [1.29, 1.82) is 0 Å². The summed E-state index contributed by atoms with van der Waals surface area (Å²) in [4.78, 5) is 22.1. The van der Waals surface area contributed by atoms with E-state index < -0.39 is 0 Å². The van der Waals surface area contributed by atoms with Crippen LogP contribution in [0.1, 0.15) is 37.6 Å². The molecule has 3 rings (SSSR count). The van der Waals surface area contributed by atoms with Gasteiger partial charge in [-0.2, -0.15) is 0 Å². The van der Waals surface area contributed by atoms with Crippen molar-refractivity contribution in [1.82, 2.24) is 9.88 Å². The summed E-state index contributed by atoms with van der Waals surface area (Å²) in [5.41, 5.74) is 1.06. The molecule has 7 nitrogen and oxygen atoms in total. The molecule has 0 fully saturated rings. The van der Waals surface area contributed by atoms with Gasteiger partial charge in [0.05, 0.1) is 30.0 Å². The van der Waals surface area contributed by atoms with Crippen LogP contribution in [0, 0.1) is 5.82 Å². The quantitative estimate of drug-likeness (QED) is 0.347. The van der Waals surface area contributed by atoms with E-state index in [2.05, 4.69) is 9.88 Å². The third-order valence-corrected chi connectivity index (χ3v) is 6.00. The number of nitrogens with zero attached hydrogens (tertiary/aromatic N) is 3. The molecule has 1 aromatic heterocycles. The molecule has 0 spiro atoms. The first-order chi connectivity index (χ1) is 16.4. The van der Waals surface area contributed by atoms with Gasteiger partial charge in [-0.05, 0) is 78.2 Å². The van der Waals surface area contributed by atoms with E-state index in [4.69, 9.17) is 14.2 Å². The van der Waals surface area contributed by atoms with Crippen LogP contribution >= 0.6 is 11.3 Å². The predicted molar refractivity (Wildman–Crippen MR) is 134 cm³/mol. The Hall–Kier alpha value is -2.91. The van der Waals surface area contributed by atoms with Gasteiger partial charge in [0.25, 0.3) is 5.91 Å². The number of aromatic nitrogens is 1. The van der Waals surface area contributed by atoms with Gasteiger partial charge in [-0.25, -0.2) is 9.37 Å². The van der Waals surface area contributed by atoms with E-state index >= 15 is 0 Å². The zero-order valence-corrected chi connectivity index (χ0v) is 21.2. The highest BCUT2D eigenvalue weighted by atomic mass is 32.1. The Labute approximate surface area is 204 Å². The first-order valence-corrected chi connectivity index (χ1v) is 12.3. The Bertz CT molecular complexity index is 1090. The highest BCUT2D eigenvalue weighted by Gasteiger charge is 2.25. The van der Waals surface area contributed by atoms with Crippen molar-refractivity contribution in [2.45, 2.75) is 27.2 Å². The van der Waals surface area contributed by atoms with Crippen molar-refractivity contribution in [2.24, 2.45) is 0 Å². The maximum absolute atomic E-state index is 13.8. The second-order valence-electron chi connectivity index (χ2n) is 7.82. The van der Waals surface area contributed by atoms with Crippen molar-refractivity contribution in [3.05, 3.63) is 41.7 Å². The van der Waals surface area contributed by atoms with Crippen molar-refractivity contribution < 1.29 is 23.4 Å². The number of hydrogen-bond acceptors (Lipinski definition) is 7. The molecule has 0 aliphatic heterocycles. The minimum absolute atomic E-state index is 0.233. The van der Waals surface area contributed by atoms with Crippen molar-refractivity contribution >= 4 is 32.6 Å². The van der Waals surface area contributed by atoms with Crippen LogP contribution < -0.4 is 19.1 Å². The third kappa shape index (κ3) is 6.15. The van der Waals surface area contributed by atoms with E-state index in [-0.39, 0.29) is 11.7 Å². The van der Waals surface area contributed by atoms with Crippen LogP contribution in [-0.4, -0.2) is 62.8 Å². The Morgan fingerprint density at radius 1 is 0.971 bits per heavy atom. The lowest BCUT2D eigenvalue weighted by molar-refractivity contribution is 0.0985. The summed E-state index contributed by atoms with van der Waals surface area (Å²) in [7, 11) is 3.98. The average Bonchev–Trinajstić information content (AvgIpc) is 3.21. The number of carbonyl (C=O) groups excluding carboxylic acids is 1. The van der Waals surface area contributed by atoms with Crippen LogP contribution in [0.3, 0.4) is 0 Å². The Kier molecular flexibility index (Phi) is 9.06. The smallest absolute Gasteiger partial charge is 0.260 e. The number of benzene rings is 2. The molecule has 0 aliphatic carbocycles. The molecule has 0 N–H and O–H groups in total. The number of fused-ring (bicyclic) bond motifs is 1. The fourth-order valence-electron chi connectivity index (χ4n) is 3.50. The van der Waals surface area contributed by atoms with Gasteiger partial charge in [0.2, 0.25) is 5.75 Å². The minimum atomic E-state index is -0.331. The molecule has 0 atom stereocenters. The van der Waals surface area contributed by atoms with Crippen LogP contribution in [0.5, 0.6) is 17.2 Å². The Morgan fingerprint density at radius 3 is 2.21 bits per heavy atom. The van der Waals surface area contributed by atoms with Crippen molar-refractivity contribution in [2.75, 3.05) is 51.9 Å². The number of amides is 1. The fourth-order valence-corrected chi connectivity index (χ4v) is 4.51. The minimum Gasteiger partial charge on any atom is -0.490 e. The van der Waals surface area contributed by atoms with E-state index in [0.29, 0.717) is 64.5 Å². The van der Waals surface area contributed by atoms with E-state index in [1.807, 2.05) is 34.9 Å². The SMILES string of the molecule is CCOc1cc(C(=O)N(CCCN(C)C)c2nc3ccc(F)cc3s2)cc(OCC)c1OCC. The summed E-state index contributed by atoms with van der Waals surface area (Å²) in [5, 5.41) is 0.522. The Balaban J connectivity index is 2.04. The lowest BCUT2D eigenvalue weighted by atomic mass is 10.1.